The summed E-state index contributed by atoms with van der Waals surface area (Å²) in [6, 6.07) is 9.39. The van der Waals surface area contributed by atoms with E-state index >= 15 is 0 Å². The van der Waals surface area contributed by atoms with E-state index in [0.29, 0.717) is 10.9 Å². The average Bonchev–Trinajstić information content (AvgIpc) is 2.95. The number of carbonyl (C=O) groups is 2. The van der Waals surface area contributed by atoms with Crippen LogP contribution in [-0.4, -0.2) is 21.9 Å². The molecule has 3 N–H and O–H groups in total. The molecule has 0 saturated heterocycles. The fourth-order valence-electron chi connectivity index (χ4n) is 2.94. The molecule has 0 bridgehead atoms. The third-order valence-corrected chi connectivity index (χ3v) is 5.37. The Kier molecular flexibility index (Phi) is 6.12. The molecule has 0 saturated carbocycles. The maximum Gasteiger partial charge on any atom is 0.265 e. The fraction of sp³-hybridized carbons (Fsp3) is 0.238. The Morgan fingerprint density at radius 2 is 1.86 bits per heavy atom. The van der Waals surface area contributed by atoms with Gasteiger partial charge >= 0.3 is 0 Å². The van der Waals surface area contributed by atoms with Crippen molar-refractivity contribution in [2.24, 2.45) is 10.2 Å². The van der Waals surface area contributed by atoms with E-state index in [4.69, 9.17) is 0 Å². The highest BCUT2D eigenvalue weighted by molar-refractivity contribution is 9.10. The molecule has 1 heterocycles. The lowest BCUT2D eigenvalue weighted by Gasteiger charge is -2.08. The van der Waals surface area contributed by atoms with Crippen molar-refractivity contribution in [3.05, 3.63) is 51.5 Å². The first-order valence-electron chi connectivity index (χ1n) is 9.07. The molecule has 0 aliphatic heterocycles. The number of rotatable bonds is 5. The number of amides is 2. The number of hydrogen-bond acceptors (Lipinski definition) is 4. The van der Waals surface area contributed by atoms with Crippen molar-refractivity contribution < 1.29 is 14.7 Å². The number of H-pyrrole nitrogens is 1. The average molecular weight is 457 g/mol. The third kappa shape index (κ3) is 4.89. The zero-order chi connectivity index (χ0) is 21.1. The summed E-state index contributed by atoms with van der Waals surface area (Å²) in [5.74, 6) is -0.971. The Hall–Kier alpha value is -3.00. The van der Waals surface area contributed by atoms with Crippen LogP contribution in [0.3, 0.4) is 0 Å². The van der Waals surface area contributed by atoms with Crippen LogP contribution < -0.4 is 5.32 Å². The molecule has 8 heteroatoms. The Morgan fingerprint density at radius 3 is 2.59 bits per heavy atom. The highest BCUT2D eigenvalue weighted by Gasteiger charge is 2.13. The highest BCUT2D eigenvalue weighted by atomic mass is 79.9. The molecule has 0 unspecified atom stereocenters. The van der Waals surface area contributed by atoms with E-state index in [1.54, 1.807) is 0 Å². The minimum atomic E-state index is -0.539. The predicted molar refractivity (Wildman–Crippen MR) is 116 cm³/mol. The predicted octanol–water partition coefficient (Wildman–Crippen LogP) is 5.59. The molecule has 7 nitrogen and oxygen atoms in total. The number of nitrogens with one attached hydrogen (secondary N) is 2. The van der Waals surface area contributed by atoms with Gasteiger partial charge in [0.25, 0.3) is 5.91 Å². The monoisotopic (exact) mass is 456 g/mol. The van der Waals surface area contributed by atoms with Gasteiger partial charge in [0, 0.05) is 28.4 Å². The number of azo groups is 1. The van der Waals surface area contributed by atoms with E-state index < -0.39 is 5.91 Å². The molecule has 0 aliphatic rings. The van der Waals surface area contributed by atoms with Gasteiger partial charge in [-0.05, 0) is 50.1 Å². The second-order valence-corrected chi connectivity index (χ2v) is 7.78. The number of nitrogens with zero attached hydrogens (tertiary/aromatic N) is 2. The summed E-state index contributed by atoms with van der Waals surface area (Å²) in [4.78, 5) is 26.9. The molecule has 3 rings (SSSR count). The van der Waals surface area contributed by atoms with Crippen LogP contribution in [0.4, 0.5) is 11.4 Å². The van der Waals surface area contributed by atoms with Crippen LogP contribution in [0, 0.1) is 20.8 Å². The number of carbonyl (C=O) groups excluding carboxylic acids is 2. The zero-order valence-electron chi connectivity index (χ0n) is 16.3. The molecule has 1 aromatic heterocycles. The molecule has 0 aliphatic carbocycles. The summed E-state index contributed by atoms with van der Waals surface area (Å²) in [5, 5.41) is 21.1. The SMILES string of the molecule is Cc1ccc(NC(=O)CCC(=O)N=Nc2c(O)[nH]c3cc(Br)c(C)cc23)c(C)c1. The normalized spacial score (nSPS) is 11.3. The second kappa shape index (κ2) is 8.57. The first-order chi connectivity index (χ1) is 13.7. The number of halogens is 1. The molecule has 3 aromatic rings. The zero-order valence-corrected chi connectivity index (χ0v) is 17.9. The van der Waals surface area contributed by atoms with E-state index in [1.165, 1.54) is 0 Å². The van der Waals surface area contributed by atoms with Gasteiger partial charge in [-0.3, -0.25) is 9.59 Å². The number of anilines is 1. The number of aromatic amines is 1. The van der Waals surface area contributed by atoms with Crippen LogP contribution in [0.1, 0.15) is 29.5 Å². The lowest BCUT2D eigenvalue weighted by atomic mass is 10.1. The number of aromatic hydroxyl groups is 1. The van der Waals surface area contributed by atoms with Crippen LogP contribution >= 0.6 is 15.9 Å². The molecule has 29 heavy (non-hydrogen) atoms. The van der Waals surface area contributed by atoms with Crippen LogP contribution in [0.5, 0.6) is 5.88 Å². The molecular weight excluding hydrogens is 436 g/mol. The standard InChI is InChI=1S/C21H21BrN4O3/c1-11-4-5-16(13(3)8-11)23-18(27)6-7-19(28)25-26-20-14-9-12(2)15(22)10-17(14)24-21(20)29/h4-5,8-10,24,29H,6-7H2,1-3H3,(H,23,27). The Morgan fingerprint density at radius 1 is 1.10 bits per heavy atom. The molecule has 0 radical (unpaired) electrons. The van der Waals surface area contributed by atoms with Crippen molar-refractivity contribution in [3.8, 4) is 5.88 Å². The molecule has 0 fully saturated rings. The first-order valence-corrected chi connectivity index (χ1v) is 9.86. The van der Waals surface area contributed by atoms with Crippen molar-refractivity contribution in [1.82, 2.24) is 4.98 Å². The Balaban J connectivity index is 1.63. The summed E-state index contributed by atoms with van der Waals surface area (Å²) in [6.45, 7) is 5.80. The van der Waals surface area contributed by atoms with E-state index in [2.05, 4.69) is 36.5 Å². The molecular formula is C21H21BrN4O3. The summed E-state index contributed by atoms with van der Waals surface area (Å²) in [6.07, 6.45) is -0.0783. The highest BCUT2D eigenvalue weighted by Crippen LogP contribution is 2.37. The van der Waals surface area contributed by atoms with Gasteiger partial charge in [-0.15, -0.1) is 10.2 Å². The van der Waals surface area contributed by atoms with Crippen molar-refractivity contribution in [1.29, 1.82) is 0 Å². The van der Waals surface area contributed by atoms with Gasteiger partial charge in [-0.2, -0.15) is 0 Å². The summed E-state index contributed by atoms with van der Waals surface area (Å²) >= 11 is 3.43. The van der Waals surface area contributed by atoms with E-state index in [1.807, 2.05) is 51.1 Å². The van der Waals surface area contributed by atoms with Gasteiger partial charge in [0.2, 0.25) is 11.8 Å². The largest absolute Gasteiger partial charge is 0.493 e. The summed E-state index contributed by atoms with van der Waals surface area (Å²) in [7, 11) is 0. The van der Waals surface area contributed by atoms with Crippen molar-refractivity contribution >= 4 is 50.0 Å². The maximum atomic E-state index is 12.1. The number of aryl methyl sites for hydroxylation is 3. The summed E-state index contributed by atoms with van der Waals surface area (Å²) in [5.41, 5.74) is 4.63. The van der Waals surface area contributed by atoms with E-state index in [9.17, 15) is 14.7 Å². The van der Waals surface area contributed by atoms with E-state index in [-0.39, 0.29) is 30.3 Å². The summed E-state index contributed by atoms with van der Waals surface area (Å²) < 4.78 is 0.889. The van der Waals surface area contributed by atoms with Gasteiger partial charge < -0.3 is 15.4 Å². The van der Waals surface area contributed by atoms with E-state index in [0.717, 1.165) is 26.9 Å². The number of aromatic nitrogens is 1. The van der Waals surface area contributed by atoms with Crippen molar-refractivity contribution in [2.75, 3.05) is 5.32 Å². The Bertz CT molecular complexity index is 1130. The number of hydrogen-bond donors (Lipinski definition) is 3. The lowest BCUT2D eigenvalue weighted by molar-refractivity contribution is -0.122. The molecule has 150 valence electrons. The van der Waals surface area contributed by atoms with Gasteiger partial charge in [0.05, 0.1) is 5.52 Å². The second-order valence-electron chi connectivity index (χ2n) is 6.93. The Labute approximate surface area is 176 Å². The lowest BCUT2D eigenvalue weighted by Crippen LogP contribution is -2.13. The van der Waals surface area contributed by atoms with Gasteiger partial charge in [-0.25, -0.2) is 0 Å². The van der Waals surface area contributed by atoms with Crippen LogP contribution in [-0.2, 0) is 9.59 Å². The molecule has 0 spiro atoms. The van der Waals surface area contributed by atoms with Crippen LogP contribution in [0.25, 0.3) is 10.9 Å². The van der Waals surface area contributed by atoms with Gasteiger partial charge in [0.1, 0.15) is 0 Å². The van der Waals surface area contributed by atoms with Crippen LogP contribution in [0.2, 0.25) is 0 Å². The fourth-order valence-corrected chi connectivity index (χ4v) is 3.28. The minimum Gasteiger partial charge on any atom is -0.493 e. The van der Waals surface area contributed by atoms with Gasteiger partial charge in [0.15, 0.2) is 5.69 Å². The van der Waals surface area contributed by atoms with Crippen LogP contribution in [0.15, 0.2) is 45.0 Å². The molecule has 0 atom stereocenters. The molecule has 2 amide bonds. The number of benzene rings is 2. The maximum absolute atomic E-state index is 12.1. The minimum absolute atomic E-state index is 0.00289. The topological polar surface area (TPSA) is 107 Å². The third-order valence-electron chi connectivity index (χ3n) is 4.51. The van der Waals surface area contributed by atoms with Crippen molar-refractivity contribution in [2.45, 2.75) is 33.6 Å². The smallest absolute Gasteiger partial charge is 0.265 e. The first kappa shape index (κ1) is 20.7. The van der Waals surface area contributed by atoms with Crippen molar-refractivity contribution in [3.63, 3.8) is 0 Å². The quantitative estimate of drug-likeness (QED) is 0.435. The number of fused-ring (bicyclic) bond motifs is 1. The molecule has 2 aromatic carbocycles. The van der Waals surface area contributed by atoms with Gasteiger partial charge in [-0.1, -0.05) is 33.6 Å².